The van der Waals surface area contributed by atoms with Gasteiger partial charge in [-0.2, -0.15) is 0 Å². The quantitative estimate of drug-likeness (QED) is 0.510. The number of rotatable bonds is 6. The Bertz CT molecular complexity index is 1120. The number of carbonyl (C=O) groups excluding carboxylic acids is 1. The Morgan fingerprint density at radius 3 is 2.33 bits per heavy atom. The molecule has 0 amide bonds. The predicted octanol–water partition coefficient (Wildman–Crippen LogP) is 2.92. The van der Waals surface area contributed by atoms with Gasteiger partial charge in [-0.05, 0) is 74.2 Å². The van der Waals surface area contributed by atoms with E-state index in [2.05, 4.69) is 11.8 Å². The lowest BCUT2D eigenvalue weighted by atomic mass is 9.46. The minimum absolute atomic E-state index is 0. The summed E-state index contributed by atoms with van der Waals surface area (Å²) in [6, 6.07) is 7.01. The predicted molar refractivity (Wildman–Crippen MR) is 145 cm³/mol. The zero-order chi connectivity index (χ0) is 26.6. The molecule has 2 N–H and O–H groups in total. The molecule has 7 bridgehead atoms. The molecule has 1 saturated heterocycles. The Hall–Kier alpha value is -1.42. The van der Waals surface area contributed by atoms with Gasteiger partial charge in [-0.1, -0.05) is 6.92 Å². The van der Waals surface area contributed by atoms with E-state index < -0.39 is 29.4 Å². The van der Waals surface area contributed by atoms with Gasteiger partial charge in [0.1, 0.15) is 17.5 Å². The van der Waals surface area contributed by atoms with Crippen LogP contribution in [0.15, 0.2) is 24.3 Å². The van der Waals surface area contributed by atoms with Crippen LogP contribution in [0.5, 0.6) is 5.75 Å². The van der Waals surface area contributed by atoms with Gasteiger partial charge in [0.2, 0.25) is 0 Å². The molecule has 1 aromatic carbocycles. The van der Waals surface area contributed by atoms with Crippen LogP contribution in [0.25, 0.3) is 0 Å². The molecule has 7 rings (SSSR count). The van der Waals surface area contributed by atoms with Crippen molar-refractivity contribution in [2.75, 3.05) is 34.4 Å². The third-order valence-corrected chi connectivity index (χ3v) is 12.1. The summed E-state index contributed by atoms with van der Waals surface area (Å²) in [6.07, 6.45) is 2.50. The van der Waals surface area contributed by atoms with Crippen molar-refractivity contribution in [2.45, 2.75) is 74.6 Å². The molecule has 6 aliphatic rings. The van der Waals surface area contributed by atoms with E-state index in [1.807, 2.05) is 7.11 Å². The lowest BCUT2D eigenvalue weighted by Gasteiger charge is -2.67. The Morgan fingerprint density at radius 2 is 1.69 bits per heavy atom. The van der Waals surface area contributed by atoms with E-state index in [1.54, 1.807) is 38.5 Å². The average Bonchev–Trinajstić information content (AvgIpc) is 3.31. The molecule has 39 heavy (non-hydrogen) atoms. The molecule has 1 spiro atoms. The molecule has 8 nitrogen and oxygen atoms in total. The number of esters is 1. The zero-order valence-corrected chi connectivity index (χ0v) is 24.1. The normalized spacial score (nSPS) is 48.8. The van der Waals surface area contributed by atoms with Crippen LogP contribution in [0.2, 0.25) is 0 Å². The van der Waals surface area contributed by atoms with Crippen LogP contribution in [0, 0.1) is 35.0 Å². The maximum Gasteiger partial charge on any atom is 0.338 e. The molecule has 5 aliphatic carbocycles. The summed E-state index contributed by atoms with van der Waals surface area (Å²) in [5.41, 5.74) is -2.24. The van der Waals surface area contributed by atoms with E-state index in [-0.39, 0.29) is 47.7 Å². The minimum Gasteiger partial charge on any atom is -0.497 e. The van der Waals surface area contributed by atoms with E-state index in [1.165, 1.54) is 0 Å². The van der Waals surface area contributed by atoms with Crippen LogP contribution >= 0.6 is 12.4 Å². The molecule has 9 heteroatoms. The van der Waals surface area contributed by atoms with Crippen LogP contribution < -0.4 is 4.74 Å². The molecule has 12 atom stereocenters. The number of aliphatic hydroxyl groups is 2. The molecule has 0 aromatic heterocycles. The number of nitrogens with zero attached hydrogens (tertiary/aromatic N) is 1. The highest BCUT2D eigenvalue weighted by atomic mass is 35.5. The second-order valence-electron chi connectivity index (χ2n) is 12.8. The number of benzene rings is 1. The lowest BCUT2D eigenvalue weighted by Crippen LogP contribution is -2.75. The maximum atomic E-state index is 13.5. The lowest BCUT2D eigenvalue weighted by molar-refractivity contribution is -0.271. The molecular formula is C30H42ClNO7. The van der Waals surface area contributed by atoms with Gasteiger partial charge < -0.3 is 29.2 Å². The van der Waals surface area contributed by atoms with Crippen molar-refractivity contribution in [2.24, 2.45) is 35.0 Å². The van der Waals surface area contributed by atoms with Gasteiger partial charge in [-0.15, -0.1) is 12.4 Å². The zero-order valence-electron chi connectivity index (χ0n) is 23.2. The number of hydrogen-bond donors (Lipinski definition) is 2. The topological polar surface area (TPSA) is 97.7 Å². The van der Waals surface area contributed by atoms with Crippen molar-refractivity contribution in [3.63, 3.8) is 0 Å². The van der Waals surface area contributed by atoms with Crippen molar-refractivity contribution in [3.05, 3.63) is 29.8 Å². The van der Waals surface area contributed by atoms with E-state index >= 15 is 0 Å². The van der Waals surface area contributed by atoms with Crippen molar-refractivity contribution in [1.29, 1.82) is 0 Å². The molecule has 216 valence electrons. The highest BCUT2D eigenvalue weighted by Crippen LogP contribution is 2.77. The van der Waals surface area contributed by atoms with Crippen LogP contribution in [0.1, 0.15) is 49.4 Å². The van der Waals surface area contributed by atoms with Gasteiger partial charge in [-0.25, -0.2) is 4.79 Å². The summed E-state index contributed by atoms with van der Waals surface area (Å²) >= 11 is 0. The number of halogens is 1. The molecular weight excluding hydrogens is 522 g/mol. The molecule has 2 unspecified atom stereocenters. The van der Waals surface area contributed by atoms with Gasteiger partial charge in [0.25, 0.3) is 0 Å². The second-order valence-corrected chi connectivity index (χ2v) is 12.8. The second kappa shape index (κ2) is 9.30. The molecule has 6 fully saturated rings. The van der Waals surface area contributed by atoms with Crippen LogP contribution in [-0.4, -0.2) is 91.1 Å². The third kappa shape index (κ3) is 3.27. The number of hydrogen-bond acceptors (Lipinski definition) is 8. The van der Waals surface area contributed by atoms with Gasteiger partial charge in [-0.3, -0.25) is 4.90 Å². The number of carbonyl (C=O) groups is 1. The van der Waals surface area contributed by atoms with Gasteiger partial charge >= 0.3 is 5.97 Å². The van der Waals surface area contributed by atoms with Gasteiger partial charge in [0, 0.05) is 50.5 Å². The first-order valence-corrected chi connectivity index (χ1v) is 14.4. The molecule has 1 aliphatic heterocycles. The van der Waals surface area contributed by atoms with Gasteiger partial charge in [0.05, 0.1) is 30.5 Å². The summed E-state index contributed by atoms with van der Waals surface area (Å²) < 4.78 is 23.7. The number of likely N-dealkylation sites (tertiary alicyclic amines) is 1. The molecule has 1 aromatic rings. The Morgan fingerprint density at radius 1 is 0.974 bits per heavy atom. The SMILES string of the molecule is CCN1C[C@@H]2CC[C@H](OC)C34C1[C@H](C[C@H]23)[C@@]1(O)C[C@H](OC)[C@@]2(O)C[C@@H]4[C@@H]1[C@H]2OC(=O)c1ccc(OC)cc1.Cl. The highest BCUT2D eigenvalue weighted by molar-refractivity contribution is 5.89. The fourth-order valence-corrected chi connectivity index (χ4v) is 11.0. The van der Waals surface area contributed by atoms with Crippen molar-refractivity contribution in [3.8, 4) is 5.75 Å². The smallest absolute Gasteiger partial charge is 0.338 e. The molecule has 1 heterocycles. The van der Waals surface area contributed by atoms with Crippen molar-refractivity contribution >= 4 is 18.4 Å². The number of piperidine rings is 1. The van der Waals surface area contributed by atoms with E-state index in [0.717, 1.165) is 32.4 Å². The first-order valence-electron chi connectivity index (χ1n) is 14.4. The van der Waals surface area contributed by atoms with E-state index in [0.29, 0.717) is 36.0 Å². The van der Waals surface area contributed by atoms with Crippen LogP contribution in [0.3, 0.4) is 0 Å². The summed E-state index contributed by atoms with van der Waals surface area (Å²) in [5.74, 6) is 0.810. The Balaban J connectivity index is 0.00000277. The standard InChI is InChI=1S/C30H41NO7.ClH/c1-5-31-15-17-8-11-22(36-3)30-19(17)12-20(25(30)31)28(33)14-23(37-4)29(34)13-21(30)24(28)26(29)38-27(32)16-6-9-18(35-2)10-7-16;/h6-7,9-10,17,19-26,33-34H,5,8,11-15H2,1-4H3;1H/t17-,19+,20-,21+,22-,23-,24+,25?,26+,28-,29-,30?;/m0./s1. The summed E-state index contributed by atoms with van der Waals surface area (Å²) in [6.45, 7) is 4.23. The fraction of sp³-hybridized carbons (Fsp3) is 0.767. The van der Waals surface area contributed by atoms with Gasteiger partial charge in [0.15, 0.2) is 0 Å². The fourth-order valence-electron chi connectivity index (χ4n) is 11.0. The first kappa shape index (κ1) is 27.7. The minimum atomic E-state index is -1.37. The average molecular weight is 564 g/mol. The van der Waals surface area contributed by atoms with Crippen molar-refractivity contribution < 1.29 is 34.0 Å². The Kier molecular flexibility index (Phi) is 6.61. The highest BCUT2D eigenvalue weighted by Gasteiger charge is 2.84. The number of ether oxygens (including phenoxy) is 4. The Labute approximate surface area is 236 Å². The maximum absolute atomic E-state index is 13.5. The largest absolute Gasteiger partial charge is 0.497 e. The van der Waals surface area contributed by atoms with E-state index in [9.17, 15) is 15.0 Å². The third-order valence-electron chi connectivity index (χ3n) is 12.1. The van der Waals surface area contributed by atoms with Crippen LogP contribution in [-0.2, 0) is 14.2 Å². The number of fused-ring (bicyclic) bond motifs is 2. The summed E-state index contributed by atoms with van der Waals surface area (Å²) in [4.78, 5) is 16.1. The summed E-state index contributed by atoms with van der Waals surface area (Å²) in [5, 5.41) is 25.1. The van der Waals surface area contributed by atoms with Crippen molar-refractivity contribution in [1.82, 2.24) is 4.90 Å². The molecule has 0 radical (unpaired) electrons. The van der Waals surface area contributed by atoms with E-state index in [4.69, 9.17) is 18.9 Å². The number of methoxy groups -OCH3 is 3. The summed E-state index contributed by atoms with van der Waals surface area (Å²) in [7, 11) is 5.01. The monoisotopic (exact) mass is 563 g/mol. The van der Waals surface area contributed by atoms with Crippen LogP contribution in [0.4, 0.5) is 0 Å². The first-order chi connectivity index (χ1) is 18.3. The molecule has 5 saturated carbocycles.